The lowest BCUT2D eigenvalue weighted by atomic mass is 10.2. The van der Waals surface area contributed by atoms with Crippen LogP contribution in [0.25, 0.3) is 0 Å². The van der Waals surface area contributed by atoms with Crippen molar-refractivity contribution >= 4 is 9.84 Å². The highest BCUT2D eigenvalue weighted by atomic mass is 32.2. The van der Waals surface area contributed by atoms with Crippen LogP contribution in [0, 0.1) is 11.6 Å². The molecule has 0 bridgehead atoms. The fourth-order valence-electron chi connectivity index (χ4n) is 2.17. The van der Waals surface area contributed by atoms with Crippen molar-refractivity contribution in [2.24, 2.45) is 0 Å². The van der Waals surface area contributed by atoms with Gasteiger partial charge in [0.25, 0.3) is 0 Å². The molecule has 2 rings (SSSR count). The van der Waals surface area contributed by atoms with Crippen LogP contribution in [-0.2, 0) is 16.4 Å². The Hall–Kier alpha value is -1.21. The minimum absolute atomic E-state index is 0.00268. The molecule has 1 aromatic carbocycles. The van der Waals surface area contributed by atoms with E-state index in [0.717, 1.165) is 0 Å². The van der Waals surface area contributed by atoms with Crippen LogP contribution in [0.1, 0.15) is 25.8 Å². The zero-order valence-corrected chi connectivity index (χ0v) is 12.8. The molecule has 1 aliphatic rings. The van der Waals surface area contributed by atoms with E-state index in [9.17, 15) is 17.2 Å². The number of rotatable bonds is 5. The third-order valence-electron chi connectivity index (χ3n) is 3.25. The van der Waals surface area contributed by atoms with Gasteiger partial charge in [-0.05, 0) is 24.1 Å². The van der Waals surface area contributed by atoms with Crippen LogP contribution < -0.4 is 10.1 Å². The van der Waals surface area contributed by atoms with Gasteiger partial charge >= 0.3 is 0 Å². The maximum atomic E-state index is 13.9. The van der Waals surface area contributed by atoms with Crippen molar-refractivity contribution in [3.8, 4) is 5.75 Å². The quantitative estimate of drug-likeness (QED) is 0.902. The number of benzene rings is 1. The first-order valence-corrected chi connectivity index (χ1v) is 8.67. The van der Waals surface area contributed by atoms with Gasteiger partial charge in [-0.25, -0.2) is 17.2 Å². The molecule has 7 heteroatoms. The monoisotopic (exact) mass is 319 g/mol. The van der Waals surface area contributed by atoms with Crippen molar-refractivity contribution in [1.29, 1.82) is 0 Å². The number of halogens is 2. The van der Waals surface area contributed by atoms with Gasteiger partial charge in [-0.2, -0.15) is 0 Å². The molecule has 4 nitrogen and oxygen atoms in total. The van der Waals surface area contributed by atoms with Gasteiger partial charge in [0, 0.05) is 12.6 Å². The number of ether oxygens (including phenoxy) is 1. The van der Waals surface area contributed by atoms with Gasteiger partial charge < -0.3 is 10.1 Å². The van der Waals surface area contributed by atoms with Crippen LogP contribution in [-0.4, -0.2) is 32.1 Å². The number of hydrogen-bond donors (Lipinski definition) is 1. The summed E-state index contributed by atoms with van der Waals surface area (Å²) in [6.45, 7) is 4.22. The topological polar surface area (TPSA) is 55.4 Å². The highest BCUT2D eigenvalue weighted by Crippen LogP contribution is 2.27. The molecule has 1 heterocycles. The van der Waals surface area contributed by atoms with E-state index < -0.39 is 33.3 Å². The molecule has 1 aromatic rings. The van der Waals surface area contributed by atoms with Crippen molar-refractivity contribution in [3.05, 3.63) is 29.3 Å². The molecular formula is C14H19F2NO3S. The molecule has 21 heavy (non-hydrogen) atoms. The molecule has 1 N–H and O–H groups in total. The van der Waals surface area contributed by atoms with Crippen LogP contribution in [0.5, 0.6) is 5.75 Å². The molecule has 0 amide bonds. The summed E-state index contributed by atoms with van der Waals surface area (Å²) in [4.78, 5) is 0. The predicted octanol–water partition coefficient (Wildman–Crippen LogP) is 2.03. The molecule has 0 aromatic heterocycles. The van der Waals surface area contributed by atoms with E-state index in [4.69, 9.17) is 4.74 Å². The lowest BCUT2D eigenvalue weighted by Gasteiger charge is -2.15. The summed E-state index contributed by atoms with van der Waals surface area (Å²) in [5.74, 6) is -2.30. The van der Waals surface area contributed by atoms with Crippen LogP contribution in [0.15, 0.2) is 12.1 Å². The van der Waals surface area contributed by atoms with Gasteiger partial charge in [0.1, 0.15) is 6.10 Å². The first-order chi connectivity index (χ1) is 9.77. The summed E-state index contributed by atoms with van der Waals surface area (Å²) < 4.78 is 55.7. The molecule has 1 saturated heterocycles. The average Bonchev–Trinajstić information content (AvgIpc) is 2.71. The van der Waals surface area contributed by atoms with Crippen molar-refractivity contribution in [1.82, 2.24) is 5.32 Å². The normalized spacial score (nSPS) is 20.9. The van der Waals surface area contributed by atoms with Gasteiger partial charge in [-0.1, -0.05) is 13.8 Å². The summed E-state index contributed by atoms with van der Waals surface area (Å²) in [6, 6.07) is 2.62. The van der Waals surface area contributed by atoms with Crippen LogP contribution >= 0.6 is 0 Å². The first-order valence-electron chi connectivity index (χ1n) is 6.85. The second-order valence-electron chi connectivity index (χ2n) is 5.57. The number of sulfone groups is 1. The Labute approximate surface area is 123 Å². The molecule has 0 radical (unpaired) electrons. The Morgan fingerprint density at radius 2 is 1.95 bits per heavy atom. The Kier molecular flexibility index (Phi) is 4.83. The summed E-state index contributed by atoms with van der Waals surface area (Å²) in [5.41, 5.74) is 0.477. The third-order valence-corrected chi connectivity index (χ3v) is 4.99. The Balaban J connectivity index is 2.10. The van der Waals surface area contributed by atoms with Gasteiger partial charge in [0.2, 0.25) is 0 Å². The lowest BCUT2D eigenvalue weighted by Crippen LogP contribution is -2.22. The fraction of sp³-hybridized carbons (Fsp3) is 0.571. The van der Waals surface area contributed by atoms with Gasteiger partial charge in [0.05, 0.1) is 11.5 Å². The molecule has 1 fully saturated rings. The number of nitrogens with one attached hydrogen (secondary N) is 1. The average molecular weight is 319 g/mol. The molecule has 0 saturated carbocycles. The third kappa shape index (κ3) is 4.38. The zero-order chi connectivity index (χ0) is 15.6. The van der Waals surface area contributed by atoms with Crippen LogP contribution in [0.3, 0.4) is 0 Å². The standard InChI is InChI=1S/C14H19F2NO3S/c1-9(2)17-7-10-5-12(15)14(13(16)6-10)20-11-3-4-21(18,19)8-11/h5-6,9,11,17H,3-4,7-8H2,1-2H3. The Morgan fingerprint density at radius 3 is 2.43 bits per heavy atom. The van der Waals surface area contributed by atoms with Gasteiger partial charge in [0.15, 0.2) is 27.2 Å². The van der Waals surface area contributed by atoms with Crippen molar-refractivity contribution in [2.45, 2.75) is 39.0 Å². The SMILES string of the molecule is CC(C)NCc1cc(F)c(OC2CCS(=O)(=O)C2)c(F)c1. The van der Waals surface area contributed by atoms with E-state index in [2.05, 4.69) is 5.32 Å². The van der Waals surface area contributed by atoms with E-state index in [1.165, 1.54) is 12.1 Å². The minimum atomic E-state index is -3.15. The van der Waals surface area contributed by atoms with Crippen molar-refractivity contribution in [2.75, 3.05) is 11.5 Å². The molecule has 0 spiro atoms. The fourth-order valence-corrected chi connectivity index (χ4v) is 3.76. The molecular weight excluding hydrogens is 300 g/mol. The molecule has 118 valence electrons. The van der Waals surface area contributed by atoms with E-state index in [1.807, 2.05) is 13.8 Å². The Bertz CT molecular complexity index is 594. The summed E-state index contributed by atoms with van der Waals surface area (Å²) in [5, 5.41) is 3.07. The summed E-state index contributed by atoms with van der Waals surface area (Å²) in [7, 11) is -3.15. The maximum Gasteiger partial charge on any atom is 0.191 e. The smallest absolute Gasteiger partial charge is 0.191 e. The lowest BCUT2D eigenvalue weighted by molar-refractivity contribution is 0.207. The predicted molar refractivity (Wildman–Crippen MR) is 76.0 cm³/mol. The molecule has 1 atom stereocenters. The molecule has 0 aliphatic carbocycles. The summed E-state index contributed by atoms with van der Waals surface area (Å²) >= 11 is 0. The molecule has 1 aliphatic heterocycles. The second-order valence-corrected chi connectivity index (χ2v) is 7.80. The van der Waals surface area contributed by atoms with Gasteiger partial charge in [-0.3, -0.25) is 0 Å². The number of hydrogen-bond acceptors (Lipinski definition) is 4. The Morgan fingerprint density at radius 1 is 1.33 bits per heavy atom. The van der Waals surface area contributed by atoms with Crippen molar-refractivity contribution in [3.63, 3.8) is 0 Å². The largest absolute Gasteiger partial charge is 0.483 e. The summed E-state index contributed by atoms with van der Waals surface area (Å²) in [6.07, 6.45) is -0.420. The highest BCUT2D eigenvalue weighted by molar-refractivity contribution is 7.91. The van der Waals surface area contributed by atoms with E-state index in [0.29, 0.717) is 12.1 Å². The first kappa shape index (κ1) is 16.2. The van der Waals surface area contributed by atoms with Crippen LogP contribution in [0.4, 0.5) is 8.78 Å². The zero-order valence-electron chi connectivity index (χ0n) is 12.0. The van der Waals surface area contributed by atoms with Gasteiger partial charge in [-0.15, -0.1) is 0 Å². The highest BCUT2D eigenvalue weighted by Gasteiger charge is 2.30. The van der Waals surface area contributed by atoms with Crippen molar-refractivity contribution < 1.29 is 21.9 Å². The van der Waals surface area contributed by atoms with Crippen LogP contribution in [0.2, 0.25) is 0 Å². The van der Waals surface area contributed by atoms with E-state index in [1.54, 1.807) is 0 Å². The minimum Gasteiger partial charge on any atom is -0.483 e. The second kappa shape index (κ2) is 6.27. The van der Waals surface area contributed by atoms with E-state index in [-0.39, 0.29) is 24.0 Å². The maximum absolute atomic E-state index is 13.9. The molecule has 1 unspecified atom stereocenters. The van der Waals surface area contributed by atoms with E-state index >= 15 is 0 Å².